The summed E-state index contributed by atoms with van der Waals surface area (Å²) in [5, 5.41) is 23.1. The molecule has 1 aromatic carbocycles. The average Bonchev–Trinajstić information content (AvgIpc) is 2.88. The number of carboxylic acid groups (broad SMARTS) is 1. The predicted molar refractivity (Wildman–Crippen MR) is 80.1 cm³/mol. The van der Waals surface area contributed by atoms with Gasteiger partial charge < -0.3 is 10.4 Å². The van der Waals surface area contributed by atoms with E-state index in [1.54, 1.807) is 19.1 Å². The average molecular weight is 306 g/mol. The van der Waals surface area contributed by atoms with Crippen LogP contribution in [0.4, 0.5) is 15.6 Å². The summed E-state index contributed by atoms with van der Waals surface area (Å²) < 4.78 is 0. The zero-order valence-corrected chi connectivity index (χ0v) is 12.3. The Morgan fingerprint density at radius 1 is 1.29 bits per heavy atom. The molecule has 0 aliphatic rings. The van der Waals surface area contributed by atoms with Gasteiger partial charge in [0, 0.05) is 5.69 Å². The second-order valence-corrected chi connectivity index (χ2v) is 5.33. The van der Waals surface area contributed by atoms with Gasteiger partial charge in [0.15, 0.2) is 0 Å². The van der Waals surface area contributed by atoms with Crippen molar-refractivity contribution in [3.05, 3.63) is 34.3 Å². The van der Waals surface area contributed by atoms with Crippen molar-refractivity contribution in [2.24, 2.45) is 0 Å². The van der Waals surface area contributed by atoms with E-state index in [0.717, 1.165) is 11.4 Å². The van der Waals surface area contributed by atoms with Crippen LogP contribution in [0.15, 0.2) is 18.2 Å². The number of nitrogens with zero attached hydrogens (tertiary/aromatic N) is 2. The first-order chi connectivity index (χ1) is 9.99. The van der Waals surface area contributed by atoms with Gasteiger partial charge in [0.25, 0.3) is 0 Å². The van der Waals surface area contributed by atoms with Crippen molar-refractivity contribution in [2.45, 2.75) is 20.3 Å². The number of anilines is 2. The van der Waals surface area contributed by atoms with Gasteiger partial charge in [-0.2, -0.15) is 0 Å². The molecule has 1 heterocycles. The number of nitrogens with one attached hydrogen (secondary N) is 2. The number of rotatable bonds is 4. The number of carboxylic acids is 1. The lowest BCUT2D eigenvalue weighted by molar-refractivity contribution is 0.0696. The molecule has 3 N–H and O–H groups in total. The topological polar surface area (TPSA) is 104 Å². The molecular weight excluding hydrogens is 292 g/mol. The Morgan fingerprint density at radius 2 is 2.05 bits per heavy atom. The molecule has 0 bridgehead atoms. The monoisotopic (exact) mass is 306 g/mol. The highest BCUT2D eigenvalue weighted by Crippen LogP contribution is 2.18. The molecule has 0 aliphatic carbocycles. The van der Waals surface area contributed by atoms with Crippen molar-refractivity contribution in [3.8, 4) is 0 Å². The molecule has 0 saturated heterocycles. The number of amides is 2. The summed E-state index contributed by atoms with van der Waals surface area (Å²) in [6.45, 7) is 3.64. The maximum Gasteiger partial charge on any atom is 0.336 e. The van der Waals surface area contributed by atoms with Gasteiger partial charge in [0.2, 0.25) is 5.13 Å². The first kappa shape index (κ1) is 14.9. The quantitative estimate of drug-likeness (QED) is 0.805. The van der Waals surface area contributed by atoms with Gasteiger partial charge in [-0.25, -0.2) is 9.59 Å². The molecule has 0 unspecified atom stereocenters. The second kappa shape index (κ2) is 6.31. The third kappa shape index (κ3) is 3.76. The van der Waals surface area contributed by atoms with Crippen molar-refractivity contribution in [2.75, 3.05) is 10.6 Å². The van der Waals surface area contributed by atoms with Crippen LogP contribution in [0.5, 0.6) is 0 Å². The minimum Gasteiger partial charge on any atom is -0.478 e. The molecule has 110 valence electrons. The Morgan fingerprint density at radius 3 is 2.67 bits per heavy atom. The van der Waals surface area contributed by atoms with E-state index in [9.17, 15) is 9.59 Å². The van der Waals surface area contributed by atoms with Crippen LogP contribution in [-0.4, -0.2) is 27.3 Å². The van der Waals surface area contributed by atoms with Crippen LogP contribution in [0.1, 0.15) is 27.9 Å². The SMILES string of the molecule is CCc1nnc(NC(=O)Nc2ccc(C)c(C(=O)O)c2)s1. The minimum absolute atomic E-state index is 0.150. The fourth-order valence-electron chi connectivity index (χ4n) is 1.64. The van der Waals surface area contributed by atoms with E-state index in [1.165, 1.54) is 17.4 Å². The zero-order chi connectivity index (χ0) is 15.4. The Kier molecular flexibility index (Phi) is 4.49. The lowest BCUT2D eigenvalue weighted by Crippen LogP contribution is -2.19. The lowest BCUT2D eigenvalue weighted by atomic mass is 10.1. The van der Waals surface area contributed by atoms with E-state index in [2.05, 4.69) is 20.8 Å². The van der Waals surface area contributed by atoms with Gasteiger partial charge in [-0.15, -0.1) is 10.2 Å². The van der Waals surface area contributed by atoms with Crippen LogP contribution in [0.2, 0.25) is 0 Å². The largest absolute Gasteiger partial charge is 0.478 e. The molecule has 8 heteroatoms. The normalized spacial score (nSPS) is 10.2. The van der Waals surface area contributed by atoms with Gasteiger partial charge in [0.05, 0.1) is 5.56 Å². The highest BCUT2D eigenvalue weighted by Gasteiger charge is 2.11. The Balaban J connectivity index is 2.05. The van der Waals surface area contributed by atoms with E-state index in [-0.39, 0.29) is 5.56 Å². The number of benzene rings is 1. The number of aromatic nitrogens is 2. The second-order valence-electron chi connectivity index (χ2n) is 4.27. The molecule has 0 saturated carbocycles. The summed E-state index contributed by atoms with van der Waals surface area (Å²) in [5.41, 5.74) is 1.18. The Bertz CT molecular complexity index is 684. The van der Waals surface area contributed by atoms with Gasteiger partial charge in [-0.3, -0.25) is 5.32 Å². The minimum atomic E-state index is -1.03. The van der Waals surface area contributed by atoms with Crippen molar-refractivity contribution in [3.63, 3.8) is 0 Å². The smallest absolute Gasteiger partial charge is 0.336 e. The molecule has 0 radical (unpaired) electrons. The van der Waals surface area contributed by atoms with Gasteiger partial charge in [-0.1, -0.05) is 24.3 Å². The number of carbonyl (C=O) groups excluding carboxylic acids is 1. The predicted octanol–water partition coefficient (Wildman–Crippen LogP) is 2.75. The summed E-state index contributed by atoms with van der Waals surface area (Å²) >= 11 is 1.29. The third-order valence-electron chi connectivity index (χ3n) is 2.72. The molecule has 21 heavy (non-hydrogen) atoms. The molecule has 1 aromatic heterocycles. The molecule has 0 fully saturated rings. The Hall–Kier alpha value is -2.48. The maximum atomic E-state index is 11.8. The number of urea groups is 1. The third-order valence-corrected chi connectivity index (χ3v) is 3.70. The number of hydrogen-bond donors (Lipinski definition) is 3. The Labute approximate surface area is 125 Å². The molecule has 2 amide bonds. The number of aromatic carboxylic acids is 1. The molecular formula is C13H14N4O3S. The van der Waals surface area contributed by atoms with Gasteiger partial charge in [-0.05, 0) is 31.0 Å². The highest BCUT2D eigenvalue weighted by molar-refractivity contribution is 7.15. The van der Waals surface area contributed by atoms with E-state index >= 15 is 0 Å². The van der Waals surface area contributed by atoms with Crippen molar-refractivity contribution in [1.82, 2.24) is 10.2 Å². The summed E-state index contributed by atoms with van der Waals surface area (Å²) in [5.74, 6) is -1.03. The van der Waals surface area contributed by atoms with Crippen LogP contribution in [0.25, 0.3) is 0 Å². The van der Waals surface area contributed by atoms with Gasteiger partial charge >= 0.3 is 12.0 Å². The van der Waals surface area contributed by atoms with Crippen molar-refractivity contribution < 1.29 is 14.7 Å². The van der Waals surface area contributed by atoms with E-state index < -0.39 is 12.0 Å². The van der Waals surface area contributed by atoms with Crippen LogP contribution in [0, 0.1) is 6.92 Å². The number of carbonyl (C=O) groups is 2. The summed E-state index contributed by atoms with van der Waals surface area (Å²) in [4.78, 5) is 22.9. The molecule has 7 nitrogen and oxygen atoms in total. The molecule has 2 rings (SSSR count). The van der Waals surface area contributed by atoms with E-state index in [4.69, 9.17) is 5.11 Å². The summed E-state index contributed by atoms with van der Waals surface area (Å²) in [6, 6.07) is 4.20. The summed E-state index contributed by atoms with van der Waals surface area (Å²) in [7, 11) is 0. The van der Waals surface area contributed by atoms with Crippen molar-refractivity contribution >= 4 is 34.2 Å². The zero-order valence-electron chi connectivity index (χ0n) is 11.5. The number of aryl methyl sites for hydroxylation is 2. The van der Waals surface area contributed by atoms with E-state index in [0.29, 0.717) is 16.4 Å². The fraction of sp³-hybridized carbons (Fsp3) is 0.231. The number of hydrogen-bond acceptors (Lipinski definition) is 5. The highest BCUT2D eigenvalue weighted by atomic mass is 32.1. The van der Waals surface area contributed by atoms with Crippen LogP contribution >= 0.6 is 11.3 Å². The molecule has 0 spiro atoms. The first-order valence-corrected chi connectivity index (χ1v) is 7.05. The van der Waals surface area contributed by atoms with E-state index in [1.807, 2.05) is 6.92 Å². The summed E-state index contributed by atoms with van der Waals surface area (Å²) in [6.07, 6.45) is 0.751. The molecule has 0 atom stereocenters. The van der Waals surface area contributed by atoms with Crippen LogP contribution in [-0.2, 0) is 6.42 Å². The molecule has 2 aromatic rings. The van der Waals surface area contributed by atoms with Crippen LogP contribution < -0.4 is 10.6 Å². The standard InChI is InChI=1S/C13H14N4O3S/c1-3-10-16-17-13(21-10)15-12(20)14-8-5-4-7(2)9(6-8)11(18)19/h4-6H,3H2,1-2H3,(H,18,19)(H2,14,15,17,20). The van der Waals surface area contributed by atoms with Gasteiger partial charge in [0.1, 0.15) is 5.01 Å². The van der Waals surface area contributed by atoms with Crippen molar-refractivity contribution in [1.29, 1.82) is 0 Å². The first-order valence-electron chi connectivity index (χ1n) is 6.24. The molecule has 0 aliphatic heterocycles. The van der Waals surface area contributed by atoms with Crippen LogP contribution in [0.3, 0.4) is 0 Å². The fourth-order valence-corrected chi connectivity index (χ4v) is 2.31. The maximum absolute atomic E-state index is 11.8. The lowest BCUT2D eigenvalue weighted by Gasteiger charge is -2.07.